The van der Waals surface area contributed by atoms with Crippen molar-refractivity contribution in [2.24, 2.45) is 17.6 Å². The summed E-state index contributed by atoms with van der Waals surface area (Å²) in [6.45, 7) is 5.61. The summed E-state index contributed by atoms with van der Waals surface area (Å²) in [5, 5.41) is 2.11. The number of allylic oxidation sites excluding steroid dienone is 2. The Hall–Kier alpha value is -2.11. The molecule has 1 heterocycles. The Balaban J connectivity index is 1.63. The third kappa shape index (κ3) is 7.21. The minimum Gasteiger partial charge on any atom is -0.490 e. The van der Waals surface area contributed by atoms with E-state index in [0.29, 0.717) is 25.4 Å². The van der Waals surface area contributed by atoms with Crippen molar-refractivity contribution < 1.29 is 9.53 Å². The minimum atomic E-state index is 0.0299. The number of carbonyl (C=O) groups is 1. The number of ether oxygens (including phenoxy) is 1. The van der Waals surface area contributed by atoms with Crippen LogP contribution in [0.5, 0.6) is 5.75 Å². The summed E-state index contributed by atoms with van der Waals surface area (Å²) in [4.78, 5) is 16.0. The van der Waals surface area contributed by atoms with Gasteiger partial charge in [0.25, 0.3) is 0 Å². The molecule has 32 heavy (non-hydrogen) atoms. The predicted molar refractivity (Wildman–Crippen MR) is 134 cm³/mol. The van der Waals surface area contributed by atoms with E-state index in [-0.39, 0.29) is 17.9 Å². The molecule has 1 aromatic heterocycles. The van der Waals surface area contributed by atoms with Crippen LogP contribution in [-0.4, -0.2) is 37.0 Å². The highest BCUT2D eigenvalue weighted by Gasteiger charge is 2.21. The Morgan fingerprint density at radius 3 is 2.72 bits per heavy atom. The van der Waals surface area contributed by atoms with Gasteiger partial charge in [0.05, 0.1) is 0 Å². The number of thiophene rings is 1. The first-order valence-electron chi connectivity index (χ1n) is 11.8. The molecule has 2 atom stereocenters. The summed E-state index contributed by atoms with van der Waals surface area (Å²) in [5.74, 6) is 1.98. The van der Waals surface area contributed by atoms with Gasteiger partial charge in [0, 0.05) is 43.3 Å². The minimum absolute atomic E-state index is 0.0299. The molecule has 4 nitrogen and oxygen atoms in total. The lowest BCUT2D eigenvalue weighted by Gasteiger charge is -2.26. The van der Waals surface area contributed by atoms with Gasteiger partial charge in [-0.05, 0) is 60.7 Å². The SMILES string of the molecule is CC(C)CC(CN)CC(=O)N(C)CC[C@@H](Cc1cccs1)Oc1cccc2c1CC=CC2. The molecule has 1 unspecified atom stereocenters. The molecule has 0 aliphatic heterocycles. The van der Waals surface area contributed by atoms with Gasteiger partial charge in [-0.2, -0.15) is 0 Å². The number of nitrogens with two attached hydrogens (primary N) is 1. The van der Waals surface area contributed by atoms with E-state index in [1.54, 1.807) is 11.3 Å². The maximum Gasteiger partial charge on any atom is 0.222 e. The summed E-state index contributed by atoms with van der Waals surface area (Å²) >= 11 is 1.76. The monoisotopic (exact) mass is 454 g/mol. The number of hydrogen-bond acceptors (Lipinski definition) is 4. The van der Waals surface area contributed by atoms with Crippen LogP contribution in [0.1, 0.15) is 49.1 Å². The predicted octanol–water partition coefficient (Wildman–Crippen LogP) is 5.25. The number of hydrogen-bond donors (Lipinski definition) is 1. The fourth-order valence-corrected chi connectivity index (χ4v) is 5.16. The van der Waals surface area contributed by atoms with Gasteiger partial charge in [0.1, 0.15) is 11.9 Å². The zero-order valence-corrected chi connectivity index (χ0v) is 20.6. The van der Waals surface area contributed by atoms with E-state index in [1.165, 1.54) is 16.0 Å². The van der Waals surface area contributed by atoms with Crippen molar-refractivity contribution in [2.75, 3.05) is 20.1 Å². The van der Waals surface area contributed by atoms with Crippen molar-refractivity contribution in [3.63, 3.8) is 0 Å². The fourth-order valence-electron chi connectivity index (χ4n) is 4.39. The van der Waals surface area contributed by atoms with Crippen molar-refractivity contribution in [1.29, 1.82) is 0 Å². The van der Waals surface area contributed by atoms with Crippen LogP contribution < -0.4 is 10.5 Å². The number of nitrogens with zero attached hydrogens (tertiary/aromatic N) is 1. The van der Waals surface area contributed by atoms with Crippen LogP contribution >= 0.6 is 11.3 Å². The van der Waals surface area contributed by atoms with Gasteiger partial charge in [0.15, 0.2) is 0 Å². The standard InChI is InChI=1S/C27H38N2O2S/c1-20(2)16-21(19-28)17-27(30)29(3)14-13-23(18-24-10-7-15-32-24)31-26-12-6-9-22-8-4-5-11-25(22)26/h4-7,9-10,12,15,20-21,23H,8,11,13-14,16-19,28H2,1-3H3/t21?,23-/m0/s1. The summed E-state index contributed by atoms with van der Waals surface area (Å²) in [5.41, 5.74) is 8.57. The molecule has 0 saturated heterocycles. The van der Waals surface area contributed by atoms with E-state index in [1.807, 2.05) is 11.9 Å². The normalized spacial score (nSPS) is 14.8. The number of rotatable bonds is 12. The molecule has 0 fully saturated rings. The number of fused-ring (bicyclic) bond motifs is 1. The van der Waals surface area contributed by atoms with Gasteiger partial charge in [-0.25, -0.2) is 0 Å². The first-order chi connectivity index (χ1) is 15.5. The first-order valence-corrected chi connectivity index (χ1v) is 12.7. The summed E-state index contributed by atoms with van der Waals surface area (Å²) in [7, 11) is 1.91. The van der Waals surface area contributed by atoms with Crippen LogP contribution in [0.25, 0.3) is 0 Å². The average molecular weight is 455 g/mol. The second-order valence-corrected chi connectivity index (χ2v) is 10.4. The molecule has 0 radical (unpaired) electrons. The van der Waals surface area contributed by atoms with Crippen molar-refractivity contribution in [3.8, 4) is 5.75 Å². The summed E-state index contributed by atoms with van der Waals surface area (Å²) in [6.07, 6.45) is 9.56. The first kappa shape index (κ1) is 24.5. The smallest absolute Gasteiger partial charge is 0.222 e. The Morgan fingerprint density at radius 1 is 1.19 bits per heavy atom. The molecule has 1 amide bonds. The van der Waals surface area contributed by atoms with Gasteiger partial charge < -0.3 is 15.4 Å². The molecule has 5 heteroatoms. The zero-order valence-electron chi connectivity index (χ0n) is 19.8. The molecule has 0 bridgehead atoms. The lowest BCUT2D eigenvalue weighted by molar-refractivity contribution is -0.131. The maximum atomic E-state index is 12.8. The lowest BCUT2D eigenvalue weighted by Crippen LogP contribution is -2.34. The van der Waals surface area contributed by atoms with Crippen LogP contribution in [0.3, 0.4) is 0 Å². The van der Waals surface area contributed by atoms with E-state index in [9.17, 15) is 4.79 Å². The molecule has 1 aromatic carbocycles. The van der Waals surface area contributed by atoms with Gasteiger partial charge >= 0.3 is 0 Å². The van der Waals surface area contributed by atoms with Crippen LogP contribution in [0.2, 0.25) is 0 Å². The van der Waals surface area contributed by atoms with Crippen molar-refractivity contribution in [2.45, 2.75) is 58.5 Å². The van der Waals surface area contributed by atoms with Crippen LogP contribution in [-0.2, 0) is 24.1 Å². The highest BCUT2D eigenvalue weighted by molar-refractivity contribution is 7.09. The Morgan fingerprint density at radius 2 is 2.00 bits per heavy atom. The average Bonchev–Trinajstić information content (AvgIpc) is 3.29. The van der Waals surface area contributed by atoms with Crippen LogP contribution in [0.15, 0.2) is 47.9 Å². The Bertz CT molecular complexity index is 876. The molecule has 0 saturated carbocycles. The third-order valence-electron chi connectivity index (χ3n) is 6.17. The van der Waals surface area contributed by atoms with Crippen molar-refractivity contribution in [1.82, 2.24) is 4.90 Å². The summed E-state index contributed by atoms with van der Waals surface area (Å²) < 4.78 is 6.59. The lowest BCUT2D eigenvalue weighted by atomic mass is 9.94. The second kappa shape index (κ2) is 12.2. The highest BCUT2D eigenvalue weighted by atomic mass is 32.1. The zero-order chi connectivity index (χ0) is 22.9. The van der Waals surface area contributed by atoms with Crippen molar-refractivity contribution >= 4 is 17.2 Å². The second-order valence-electron chi connectivity index (χ2n) is 9.34. The highest BCUT2D eigenvalue weighted by Crippen LogP contribution is 2.29. The fraction of sp³-hybridized carbons (Fsp3) is 0.519. The molecule has 174 valence electrons. The Kier molecular flexibility index (Phi) is 9.36. The van der Waals surface area contributed by atoms with E-state index in [0.717, 1.165) is 37.9 Å². The maximum absolute atomic E-state index is 12.8. The Labute approximate surface area is 197 Å². The third-order valence-corrected chi connectivity index (χ3v) is 7.07. The van der Waals surface area contributed by atoms with Gasteiger partial charge in [-0.1, -0.05) is 44.2 Å². The molecule has 1 aliphatic rings. The molecule has 2 N–H and O–H groups in total. The van der Waals surface area contributed by atoms with Crippen molar-refractivity contribution in [3.05, 3.63) is 63.9 Å². The molecule has 3 rings (SSSR count). The molecular formula is C27H38N2O2S. The van der Waals surface area contributed by atoms with E-state index in [2.05, 4.69) is 61.7 Å². The number of benzene rings is 1. The largest absolute Gasteiger partial charge is 0.490 e. The number of carbonyl (C=O) groups excluding carboxylic acids is 1. The van der Waals surface area contributed by atoms with Crippen LogP contribution in [0.4, 0.5) is 0 Å². The summed E-state index contributed by atoms with van der Waals surface area (Å²) in [6, 6.07) is 10.6. The van der Waals surface area contributed by atoms with Gasteiger partial charge in [-0.3, -0.25) is 4.79 Å². The van der Waals surface area contributed by atoms with Gasteiger partial charge in [0.2, 0.25) is 5.91 Å². The molecule has 0 spiro atoms. The van der Waals surface area contributed by atoms with E-state index in [4.69, 9.17) is 10.5 Å². The number of amides is 1. The molecular weight excluding hydrogens is 416 g/mol. The topological polar surface area (TPSA) is 55.6 Å². The van der Waals surface area contributed by atoms with Crippen LogP contribution in [0, 0.1) is 11.8 Å². The molecule has 1 aliphatic carbocycles. The quantitative estimate of drug-likeness (QED) is 0.446. The molecule has 2 aromatic rings. The van der Waals surface area contributed by atoms with E-state index >= 15 is 0 Å². The van der Waals surface area contributed by atoms with E-state index < -0.39 is 0 Å². The van der Waals surface area contributed by atoms with Gasteiger partial charge in [-0.15, -0.1) is 11.3 Å².